The van der Waals surface area contributed by atoms with Crippen LogP contribution in [0, 0.1) is 5.92 Å². The van der Waals surface area contributed by atoms with E-state index in [2.05, 4.69) is 5.32 Å². The van der Waals surface area contributed by atoms with Crippen molar-refractivity contribution >= 4 is 5.97 Å². The first-order valence-corrected chi connectivity index (χ1v) is 6.08. The van der Waals surface area contributed by atoms with Gasteiger partial charge in [0.15, 0.2) is 0 Å². The maximum atomic E-state index is 11.2. The second kappa shape index (κ2) is 6.83. The molecule has 0 aliphatic heterocycles. The normalized spacial score (nSPS) is 17.3. The molecule has 1 N–H and O–H groups in total. The summed E-state index contributed by atoms with van der Waals surface area (Å²) in [7, 11) is 0. The summed E-state index contributed by atoms with van der Waals surface area (Å²) in [4.78, 5) is 11.2. The smallest absolute Gasteiger partial charge is 0.320 e. The van der Waals surface area contributed by atoms with E-state index >= 15 is 0 Å². The Balaban J connectivity index is 1.94. The van der Waals surface area contributed by atoms with Crippen LogP contribution < -0.4 is 5.32 Å². The Hall–Kier alpha value is -0.570. The molecule has 0 radical (unpaired) electrons. The molecule has 0 aromatic heterocycles. The molecule has 0 spiro atoms. The van der Waals surface area contributed by atoms with E-state index in [0.29, 0.717) is 6.54 Å². The number of hydrogen-bond acceptors (Lipinski definition) is 3. The first-order chi connectivity index (χ1) is 7.18. The number of nitrogens with one attached hydrogen (secondary N) is 1. The van der Waals surface area contributed by atoms with Gasteiger partial charge >= 0.3 is 5.97 Å². The van der Waals surface area contributed by atoms with Gasteiger partial charge in [-0.05, 0) is 32.7 Å². The van der Waals surface area contributed by atoms with Crippen LogP contribution in [0.2, 0.25) is 0 Å². The third-order valence-electron chi connectivity index (χ3n) is 2.84. The van der Waals surface area contributed by atoms with Gasteiger partial charge in [0.2, 0.25) is 0 Å². The summed E-state index contributed by atoms with van der Waals surface area (Å²) in [6, 6.07) is 0. The standard InChI is InChI=1S/C12H23NO2/c1-10(2)15-12(14)9-13-8-7-11-5-3-4-6-11/h10-11,13H,3-9H2,1-2H3. The van der Waals surface area contributed by atoms with Gasteiger partial charge in [-0.15, -0.1) is 0 Å². The summed E-state index contributed by atoms with van der Waals surface area (Å²) < 4.78 is 5.02. The first-order valence-electron chi connectivity index (χ1n) is 6.08. The van der Waals surface area contributed by atoms with Gasteiger partial charge in [0.25, 0.3) is 0 Å². The molecule has 3 heteroatoms. The van der Waals surface area contributed by atoms with E-state index in [0.717, 1.165) is 12.5 Å². The van der Waals surface area contributed by atoms with Crippen LogP contribution in [-0.2, 0) is 9.53 Å². The Morgan fingerprint density at radius 1 is 1.40 bits per heavy atom. The van der Waals surface area contributed by atoms with Crippen LogP contribution in [-0.4, -0.2) is 25.2 Å². The maximum Gasteiger partial charge on any atom is 0.320 e. The van der Waals surface area contributed by atoms with Crippen LogP contribution in [0.25, 0.3) is 0 Å². The van der Waals surface area contributed by atoms with E-state index in [9.17, 15) is 4.79 Å². The zero-order chi connectivity index (χ0) is 11.1. The number of carbonyl (C=O) groups is 1. The van der Waals surface area contributed by atoms with Gasteiger partial charge in [-0.2, -0.15) is 0 Å². The van der Waals surface area contributed by atoms with Gasteiger partial charge in [0.1, 0.15) is 0 Å². The van der Waals surface area contributed by atoms with Crippen LogP contribution in [0.1, 0.15) is 46.0 Å². The molecule has 0 amide bonds. The fourth-order valence-electron chi connectivity index (χ4n) is 2.10. The van der Waals surface area contributed by atoms with E-state index in [1.54, 1.807) is 0 Å². The van der Waals surface area contributed by atoms with Crippen LogP contribution in [0.3, 0.4) is 0 Å². The fraction of sp³-hybridized carbons (Fsp3) is 0.917. The minimum atomic E-state index is -0.142. The summed E-state index contributed by atoms with van der Waals surface area (Å²) in [5, 5.41) is 3.14. The lowest BCUT2D eigenvalue weighted by molar-refractivity contribution is -0.146. The highest BCUT2D eigenvalue weighted by atomic mass is 16.5. The van der Waals surface area contributed by atoms with Crippen LogP contribution in [0.15, 0.2) is 0 Å². The Bertz CT molecular complexity index is 186. The first kappa shape index (κ1) is 12.5. The fourth-order valence-corrected chi connectivity index (χ4v) is 2.10. The lowest BCUT2D eigenvalue weighted by atomic mass is 10.0. The molecule has 1 aliphatic carbocycles. The highest BCUT2D eigenvalue weighted by molar-refractivity contribution is 5.71. The zero-order valence-corrected chi connectivity index (χ0v) is 9.92. The van der Waals surface area contributed by atoms with E-state index in [1.165, 1.54) is 32.1 Å². The van der Waals surface area contributed by atoms with Crippen molar-refractivity contribution in [1.29, 1.82) is 0 Å². The largest absolute Gasteiger partial charge is 0.462 e. The minimum Gasteiger partial charge on any atom is -0.462 e. The average molecular weight is 213 g/mol. The van der Waals surface area contributed by atoms with E-state index in [-0.39, 0.29) is 12.1 Å². The molecular formula is C12H23NO2. The molecule has 1 fully saturated rings. The molecule has 3 nitrogen and oxygen atoms in total. The summed E-state index contributed by atoms with van der Waals surface area (Å²) in [6.07, 6.45) is 6.72. The van der Waals surface area contributed by atoms with Crippen molar-refractivity contribution < 1.29 is 9.53 Å². The van der Waals surface area contributed by atoms with E-state index < -0.39 is 0 Å². The van der Waals surface area contributed by atoms with Crippen LogP contribution in [0.4, 0.5) is 0 Å². The molecule has 1 rings (SSSR count). The van der Waals surface area contributed by atoms with Gasteiger partial charge in [0.05, 0.1) is 12.6 Å². The van der Waals surface area contributed by atoms with Crippen molar-refractivity contribution in [2.45, 2.75) is 52.1 Å². The number of esters is 1. The van der Waals surface area contributed by atoms with Crippen molar-refractivity contribution in [2.75, 3.05) is 13.1 Å². The quantitative estimate of drug-likeness (QED) is 0.542. The third-order valence-corrected chi connectivity index (χ3v) is 2.84. The molecule has 0 unspecified atom stereocenters. The number of rotatable bonds is 6. The number of carbonyl (C=O) groups excluding carboxylic acids is 1. The SMILES string of the molecule is CC(C)OC(=O)CNCCC1CCCC1. The van der Waals surface area contributed by atoms with E-state index in [1.807, 2.05) is 13.8 Å². The second-order valence-electron chi connectivity index (χ2n) is 4.65. The molecule has 0 aromatic carbocycles. The monoisotopic (exact) mass is 213 g/mol. The molecule has 0 atom stereocenters. The van der Waals surface area contributed by atoms with E-state index in [4.69, 9.17) is 4.74 Å². The van der Waals surface area contributed by atoms with Gasteiger partial charge in [-0.1, -0.05) is 25.7 Å². The van der Waals surface area contributed by atoms with Gasteiger partial charge in [0, 0.05) is 0 Å². The van der Waals surface area contributed by atoms with Crippen molar-refractivity contribution in [3.63, 3.8) is 0 Å². The topological polar surface area (TPSA) is 38.3 Å². The maximum absolute atomic E-state index is 11.2. The van der Waals surface area contributed by atoms with Gasteiger partial charge < -0.3 is 10.1 Å². The molecule has 1 aliphatic rings. The van der Waals surface area contributed by atoms with Crippen LogP contribution in [0.5, 0.6) is 0 Å². The molecule has 0 aromatic rings. The molecular weight excluding hydrogens is 190 g/mol. The second-order valence-corrected chi connectivity index (χ2v) is 4.65. The highest BCUT2D eigenvalue weighted by Gasteiger charge is 2.14. The lowest BCUT2D eigenvalue weighted by Crippen LogP contribution is -2.28. The lowest BCUT2D eigenvalue weighted by Gasteiger charge is -2.10. The molecule has 0 heterocycles. The van der Waals surface area contributed by atoms with Crippen molar-refractivity contribution in [1.82, 2.24) is 5.32 Å². The highest BCUT2D eigenvalue weighted by Crippen LogP contribution is 2.26. The van der Waals surface area contributed by atoms with Crippen molar-refractivity contribution in [3.8, 4) is 0 Å². The summed E-state index contributed by atoms with van der Waals surface area (Å²) >= 11 is 0. The van der Waals surface area contributed by atoms with Crippen molar-refractivity contribution in [2.24, 2.45) is 5.92 Å². The number of ether oxygens (including phenoxy) is 1. The number of hydrogen-bond donors (Lipinski definition) is 1. The zero-order valence-electron chi connectivity index (χ0n) is 9.92. The summed E-state index contributed by atoms with van der Waals surface area (Å²) in [5.74, 6) is 0.745. The molecule has 88 valence electrons. The predicted molar refractivity (Wildman–Crippen MR) is 60.7 cm³/mol. The summed E-state index contributed by atoms with van der Waals surface area (Å²) in [6.45, 7) is 5.04. The Morgan fingerprint density at radius 2 is 2.07 bits per heavy atom. The van der Waals surface area contributed by atoms with Crippen molar-refractivity contribution in [3.05, 3.63) is 0 Å². The summed E-state index contributed by atoms with van der Waals surface area (Å²) in [5.41, 5.74) is 0. The molecule has 15 heavy (non-hydrogen) atoms. The Morgan fingerprint density at radius 3 is 2.67 bits per heavy atom. The predicted octanol–water partition coefficient (Wildman–Crippen LogP) is 2.11. The molecule has 1 saturated carbocycles. The third kappa shape index (κ3) is 5.78. The van der Waals surface area contributed by atoms with Crippen LogP contribution >= 0.6 is 0 Å². The Kier molecular flexibility index (Phi) is 5.69. The molecule has 0 saturated heterocycles. The van der Waals surface area contributed by atoms with Gasteiger partial charge in [-0.3, -0.25) is 4.79 Å². The van der Waals surface area contributed by atoms with Gasteiger partial charge in [-0.25, -0.2) is 0 Å². The molecule has 0 bridgehead atoms. The minimum absolute atomic E-state index is 0.00543. The Labute approximate surface area is 92.6 Å². The average Bonchev–Trinajstić information content (AvgIpc) is 2.63.